The van der Waals surface area contributed by atoms with E-state index in [1.54, 1.807) is 0 Å². The number of nitrogens with two attached hydrogens (primary N) is 4. The van der Waals surface area contributed by atoms with Crippen LogP contribution in [0, 0.1) is 5.92 Å². The van der Waals surface area contributed by atoms with Gasteiger partial charge in [0.1, 0.15) is 48.0 Å². The van der Waals surface area contributed by atoms with E-state index in [-0.39, 0.29) is 73.3 Å². The van der Waals surface area contributed by atoms with E-state index >= 15 is 0 Å². The van der Waals surface area contributed by atoms with Gasteiger partial charge in [-0.1, -0.05) is 26.0 Å². The van der Waals surface area contributed by atoms with E-state index in [1.165, 1.54) is 29.2 Å². The van der Waals surface area contributed by atoms with Gasteiger partial charge in [0, 0.05) is 37.3 Å². The molecule has 0 spiro atoms. The quantitative estimate of drug-likeness (QED) is 0.0620. The Balaban J connectivity index is 2.03. The van der Waals surface area contributed by atoms with Crippen LogP contribution in [0.1, 0.15) is 70.8 Å². The zero-order valence-corrected chi connectivity index (χ0v) is 40.6. The summed E-state index contributed by atoms with van der Waals surface area (Å²) in [6, 6.07) is -4.08. The van der Waals surface area contributed by atoms with Gasteiger partial charge in [0.05, 0.1) is 18.7 Å². The predicted octanol–water partition coefficient (Wildman–Crippen LogP) is -4.63. The third-order valence-corrected chi connectivity index (χ3v) is 13.0. The first-order chi connectivity index (χ1) is 33.0. The van der Waals surface area contributed by atoms with Crippen molar-refractivity contribution in [1.29, 1.82) is 0 Å². The molecular weight excluding hydrogens is 957 g/mol. The minimum atomic E-state index is -1.77. The summed E-state index contributed by atoms with van der Waals surface area (Å²) in [5.74, 6) is -10.9. The van der Waals surface area contributed by atoms with Gasteiger partial charge in [-0.05, 0) is 61.5 Å². The van der Waals surface area contributed by atoms with Crippen molar-refractivity contribution in [3.8, 4) is 5.75 Å². The maximum atomic E-state index is 14.5. The predicted molar refractivity (Wildman–Crippen MR) is 255 cm³/mol. The van der Waals surface area contributed by atoms with Gasteiger partial charge in [0.15, 0.2) is 0 Å². The zero-order chi connectivity index (χ0) is 52.1. The third kappa shape index (κ3) is 20.1. The van der Waals surface area contributed by atoms with Crippen LogP contribution in [-0.4, -0.2) is 159 Å². The highest BCUT2D eigenvalue weighted by atomic mass is 32.2. The van der Waals surface area contributed by atoms with Crippen molar-refractivity contribution in [2.24, 2.45) is 28.9 Å². The number of primary amides is 4. The molecule has 2 heterocycles. The smallest absolute Gasteiger partial charge is 0.246 e. The number of nitrogens with one attached hydrogen (secondary N) is 7. The largest absolute Gasteiger partial charge is 0.508 e. The van der Waals surface area contributed by atoms with E-state index < -0.39 is 139 Å². The van der Waals surface area contributed by atoms with Crippen molar-refractivity contribution < 1.29 is 62.6 Å². The molecule has 12 amide bonds. The van der Waals surface area contributed by atoms with Crippen LogP contribution in [0.3, 0.4) is 0 Å². The van der Waals surface area contributed by atoms with Gasteiger partial charge in [-0.2, -0.15) is 11.8 Å². The summed E-state index contributed by atoms with van der Waals surface area (Å²) >= 11 is 2.00. The standard InChI is InChI=1S/C43H64N12O13S2/c1-22(2)15-26(37(62)48-18-34(46)59)52-42(67)31-5-3-13-55(31)43(68)30-20-69-14-4-6-36(61)49-27(16-23-7-9-24(56)10-8-23)39(64)53-29(19-70-21-35(47)60)41(66)50-25(11-12-32(44)57)38(63)51-28(17-33(45)58)40(65)54-30/h7-10,22,25-31,56H,3-6,11-21H2,1-2H3,(H2,44,57)(H2,45,58)(H2,46,59)(H2,47,60)(H,48,62)(H,49,61)(H,50,66)(H,51,63)(H,52,67)(H,53,64)(H,54,65)/t25-,26-,27-,28-,29-,30-,31-/m0/s1. The SMILES string of the molecule is CC(C)C[C@H](NC(=O)[C@@H]1CCCN1C(=O)[C@@H]1CSCCCC(=O)N[C@@H](Cc2ccc(O)cc2)C(=O)N[C@@H](CSCC(N)=O)C(=O)N[C@@H](CCC(N)=O)C(=O)N[C@@H](CC(N)=O)C(=O)N1)C(=O)NCC(N)=O. The Kier molecular flexibility index (Phi) is 23.7. The minimum absolute atomic E-state index is 0.0560. The number of phenols is 1. The summed E-state index contributed by atoms with van der Waals surface area (Å²) < 4.78 is 0. The summed E-state index contributed by atoms with van der Waals surface area (Å²) in [6.07, 6.45) is -1.11. The molecule has 0 saturated carbocycles. The molecule has 16 N–H and O–H groups in total. The lowest BCUT2D eigenvalue weighted by molar-refractivity contribution is -0.142. The minimum Gasteiger partial charge on any atom is -0.508 e. The number of benzene rings is 1. The van der Waals surface area contributed by atoms with Crippen LogP contribution in [0.5, 0.6) is 5.75 Å². The zero-order valence-electron chi connectivity index (χ0n) is 39.0. The molecular formula is C43H64N12O13S2. The number of phenolic OH excluding ortho intramolecular Hbond substituents is 1. The van der Waals surface area contributed by atoms with Gasteiger partial charge in [-0.15, -0.1) is 11.8 Å². The monoisotopic (exact) mass is 1020 g/mol. The maximum absolute atomic E-state index is 14.5. The molecule has 25 nitrogen and oxygen atoms in total. The molecule has 0 unspecified atom stereocenters. The van der Waals surface area contributed by atoms with Crippen LogP contribution < -0.4 is 60.2 Å². The Morgan fingerprint density at radius 3 is 2.04 bits per heavy atom. The van der Waals surface area contributed by atoms with Crippen LogP contribution in [0.15, 0.2) is 24.3 Å². The van der Waals surface area contributed by atoms with Gasteiger partial charge in [-0.25, -0.2) is 0 Å². The highest BCUT2D eigenvalue weighted by molar-refractivity contribution is 8.00. The summed E-state index contributed by atoms with van der Waals surface area (Å²) in [7, 11) is 0. The molecule has 2 aliphatic rings. The van der Waals surface area contributed by atoms with E-state index in [2.05, 4.69) is 37.2 Å². The Morgan fingerprint density at radius 2 is 1.41 bits per heavy atom. The lowest BCUT2D eigenvalue weighted by Gasteiger charge is -2.31. The normalized spacial score (nSPS) is 22.5. The van der Waals surface area contributed by atoms with E-state index in [4.69, 9.17) is 22.9 Å². The summed E-state index contributed by atoms with van der Waals surface area (Å²) in [4.78, 5) is 159. The van der Waals surface area contributed by atoms with E-state index in [1.807, 2.05) is 13.8 Å². The van der Waals surface area contributed by atoms with Crippen molar-refractivity contribution in [3.05, 3.63) is 29.8 Å². The lowest BCUT2D eigenvalue weighted by atomic mass is 10.0. The van der Waals surface area contributed by atoms with Gasteiger partial charge in [0.25, 0.3) is 0 Å². The van der Waals surface area contributed by atoms with Gasteiger partial charge in [0.2, 0.25) is 70.9 Å². The Morgan fingerprint density at radius 1 is 0.786 bits per heavy atom. The molecule has 2 saturated heterocycles. The molecule has 70 heavy (non-hydrogen) atoms. The molecule has 27 heteroatoms. The number of aromatic hydroxyl groups is 1. The highest BCUT2D eigenvalue weighted by Gasteiger charge is 2.40. The molecule has 0 bridgehead atoms. The van der Waals surface area contributed by atoms with Gasteiger partial charge in [-0.3, -0.25) is 57.5 Å². The van der Waals surface area contributed by atoms with Crippen molar-refractivity contribution >= 4 is 94.4 Å². The van der Waals surface area contributed by atoms with Gasteiger partial charge >= 0.3 is 0 Å². The van der Waals surface area contributed by atoms with Crippen LogP contribution in [0.2, 0.25) is 0 Å². The first kappa shape index (κ1) is 57.7. The van der Waals surface area contributed by atoms with Crippen molar-refractivity contribution in [1.82, 2.24) is 42.1 Å². The second-order valence-corrected chi connectivity index (χ2v) is 19.3. The van der Waals surface area contributed by atoms with Crippen LogP contribution >= 0.6 is 23.5 Å². The third-order valence-electron chi connectivity index (χ3n) is 10.7. The second kappa shape index (κ2) is 28.8. The highest BCUT2D eigenvalue weighted by Crippen LogP contribution is 2.22. The molecule has 0 radical (unpaired) electrons. The molecule has 2 fully saturated rings. The molecule has 0 aromatic heterocycles. The number of thioether (sulfide) groups is 2. The fourth-order valence-electron chi connectivity index (χ4n) is 7.34. The average Bonchev–Trinajstić information content (AvgIpc) is 3.78. The maximum Gasteiger partial charge on any atom is 0.246 e. The molecule has 1 aromatic carbocycles. The number of nitrogens with zero attached hydrogens (tertiary/aromatic N) is 1. The second-order valence-electron chi connectivity index (χ2n) is 17.1. The van der Waals surface area contributed by atoms with Crippen LogP contribution in [-0.2, 0) is 64.0 Å². The van der Waals surface area contributed by atoms with Crippen LogP contribution in [0.25, 0.3) is 0 Å². The van der Waals surface area contributed by atoms with Crippen molar-refractivity contribution in [2.75, 3.05) is 36.1 Å². The molecule has 7 atom stereocenters. The number of carbonyl (C=O) groups excluding carboxylic acids is 12. The van der Waals surface area contributed by atoms with Gasteiger partial charge < -0.3 is 70.2 Å². The topological polar surface area (TPSA) is 417 Å². The Hall–Kier alpha value is -6.64. The Labute approximate surface area is 412 Å². The summed E-state index contributed by atoms with van der Waals surface area (Å²) in [6.45, 7) is 3.21. The number of amides is 12. The molecule has 3 rings (SSSR count). The molecule has 2 aliphatic heterocycles. The molecule has 1 aromatic rings. The van der Waals surface area contributed by atoms with Crippen LogP contribution in [0.4, 0.5) is 0 Å². The lowest BCUT2D eigenvalue weighted by Crippen LogP contribution is -2.61. The summed E-state index contributed by atoms with van der Waals surface area (Å²) in [5, 5.41) is 27.5. The molecule has 386 valence electrons. The molecule has 0 aliphatic carbocycles. The summed E-state index contributed by atoms with van der Waals surface area (Å²) in [5.41, 5.74) is 21.9. The average molecular weight is 1020 g/mol. The van der Waals surface area contributed by atoms with Crippen molar-refractivity contribution in [2.45, 2.75) is 114 Å². The van der Waals surface area contributed by atoms with Crippen molar-refractivity contribution in [3.63, 3.8) is 0 Å². The number of rotatable bonds is 19. The van der Waals surface area contributed by atoms with E-state index in [9.17, 15) is 62.6 Å². The number of hydrogen-bond donors (Lipinski definition) is 12. The number of hydrogen-bond acceptors (Lipinski definition) is 15. The number of likely N-dealkylation sites (tertiary alicyclic amines) is 1. The Bertz CT molecular complexity index is 2100. The fourth-order valence-corrected chi connectivity index (χ4v) is 9.11. The first-order valence-electron chi connectivity index (χ1n) is 22.5. The fraction of sp³-hybridized carbons (Fsp3) is 0.581. The number of carbonyl (C=O) groups is 12. The van der Waals surface area contributed by atoms with E-state index in [0.717, 1.165) is 23.5 Å². The first-order valence-corrected chi connectivity index (χ1v) is 24.8. The van der Waals surface area contributed by atoms with E-state index in [0.29, 0.717) is 12.0 Å².